The highest BCUT2D eigenvalue weighted by atomic mass is 16.5. The maximum Gasteiger partial charge on any atom is 0.306 e. The van der Waals surface area contributed by atoms with Crippen LogP contribution in [0.15, 0.2) is 42.5 Å². The zero-order valence-corrected chi connectivity index (χ0v) is 12.6. The Balaban J connectivity index is 1.90. The van der Waals surface area contributed by atoms with E-state index in [1.165, 1.54) is 7.11 Å². The molecule has 0 spiro atoms. The van der Waals surface area contributed by atoms with Crippen LogP contribution < -0.4 is 5.32 Å². The molecule has 23 heavy (non-hydrogen) atoms. The molecule has 6 heteroatoms. The van der Waals surface area contributed by atoms with Crippen LogP contribution in [0.1, 0.15) is 12.8 Å². The monoisotopic (exact) mass is 309 g/mol. The highest BCUT2D eigenvalue weighted by Crippen LogP contribution is 2.23. The largest absolute Gasteiger partial charge is 0.469 e. The van der Waals surface area contributed by atoms with E-state index in [1.54, 1.807) is 6.07 Å². The van der Waals surface area contributed by atoms with Gasteiger partial charge in [0, 0.05) is 6.42 Å². The number of rotatable bonds is 4. The molecule has 3 rings (SSSR count). The molecule has 0 fully saturated rings. The van der Waals surface area contributed by atoms with Crippen LogP contribution in [0.3, 0.4) is 0 Å². The molecule has 0 aliphatic rings. The number of amides is 1. The number of nitrogens with one attached hydrogen (secondary N) is 1. The number of fused-ring (bicyclic) bond motifs is 2. The van der Waals surface area contributed by atoms with Gasteiger partial charge in [-0.2, -0.15) is 0 Å². The lowest BCUT2D eigenvalue weighted by Gasteiger charge is -2.08. The Labute approximate surface area is 132 Å². The van der Waals surface area contributed by atoms with Gasteiger partial charge < -0.3 is 10.1 Å². The van der Waals surface area contributed by atoms with Crippen molar-refractivity contribution in [2.75, 3.05) is 12.4 Å². The average Bonchev–Trinajstić information content (AvgIpc) is 2.58. The molecule has 0 atom stereocenters. The number of hydrogen-bond donors (Lipinski definition) is 1. The van der Waals surface area contributed by atoms with Crippen molar-refractivity contribution in [3.8, 4) is 0 Å². The van der Waals surface area contributed by atoms with E-state index in [0.29, 0.717) is 16.7 Å². The van der Waals surface area contributed by atoms with Crippen molar-refractivity contribution in [1.29, 1.82) is 0 Å². The minimum Gasteiger partial charge on any atom is -0.469 e. The molecule has 3 aromatic rings. The topological polar surface area (TPSA) is 81.2 Å². The van der Waals surface area contributed by atoms with E-state index in [4.69, 9.17) is 0 Å². The fourth-order valence-electron chi connectivity index (χ4n) is 2.27. The second-order valence-corrected chi connectivity index (χ2v) is 5.01. The number of carbonyl (C=O) groups excluding carboxylic acids is 2. The first-order valence-corrected chi connectivity index (χ1v) is 7.19. The van der Waals surface area contributed by atoms with Crippen LogP contribution in [0.5, 0.6) is 0 Å². The van der Waals surface area contributed by atoms with Gasteiger partial charge in [0.2, 0.25) is 5.91 Å². The number of anilines is 1. The summed E-state index contributed by atoms with van der Waals surface area (Å²) in [7, 11) is 1.30. The molecule has 0 aliphatic heterocycles. The summed E-state index contributed by atoms with van der Waals surface area (Å²) in [4.78, 5) is 32.2. The molecule has 1 aromatic heterocycles. The molecule has 0 aliphatic carbocycles. The summed E-state index contributed by atoms with van der Waals surface area (Å²) in [6, 6.07) is 13.0. The number of benzene rings is 2. The Hall–Kier alpha value is -3.02. The molecule has 0 bridgehead atoms. The first-order chi connectivity index (χ1) is 11.2. The van der Waals surface area contributed by atoms with E-state index >= 15 is 0 Å². The molecule has 1 amide bonds. The number of hydrogen-bond acceptors (Lipinski definition) is 5. The smallest absolute Gasteiger partial charge is 0.306 e. The second-order valence-electron chi connectivity index (χ2n) is 5.01. The predicted molar refractivity (Wildman–Crippen MR) is 86.9 cm³/mol. The molecule has 0 unspecified atom stereocenters. The SMILES string of the molecule is COC(=O)CCC(=O)Nc1cccc2nc3ccccc3nc12. The quantitative estimate of drug-likeness (QED) is 0.592. The van der Waals surface area contributed by atoms with Crippen molar-refractivity contribution in [3.63, 3.8) is 0 Å². The molecule has 1 N–H and O–H groups in total. The molecule has 1 heterocycles. The number of esters is 1. The van der Waals surface area contributed by atoms with Crippen molar-refractivity contribution in [2.24, 2.45) is 0 Å². The van der Waals surface area contributed by atoms with E-state index in [-0.39, 0.29) is 18.7 Å². The van der Waals surface area contributed by atoms with Crippen LogP contribution in [0, 0.1) is 0 Å². The summed E-state index contributed by atoms with van der Waals surface area (Å²) in [5.74, 6) is -0.679. The van der Waals surface area contributed by atoms with Gasteiger partial charge in [0.1, 0.15) is 5.52 Å². The van der Waals surface area contributed by atoms with Gasteiger partial charge in [-0.25, -0.2) is 9.97 Å². The minimum absolute atomic E-state index is 0.0434. The van der Waals surface area contributed by atoms with E-state index in [1.807, 2.05) is 36.4 Å². The van der Waals surface area contributed by atoms with Crippen molar-refractivity contribution in [1.82, 2.24) is 9.97 Å². The zero-order valence-electron chi connectivity index (χ0n) is 12.6. The standard InChI is InChI=1S/C17H15N3O3/c1-23-16(22)10-9-15(21)19-14-8-4-7-13-17(14)20-12-6-3-2-5-11(12)18-13/h2-8H,9-10H2,1H3,(H,19,21). The van der Waals surface area contributed by atoms with Crippen LogP contribution in [0.2, 0.25) is 0 Å². The molecule has 2 aromatic carbocycles. The summed E-state index contributed by atoms with van der Waals surface area (Å²) < 4.78 is 4.53. The molecule has 0 saturated heterocycles. The fourth-order valence-corrected chi connectivity index (χ4v) is 2.27. The third-order valence-corrected chi connectivity index (χ3v) is 3.43. The average molecular weight is 309 g/mol. The first-order valence-electron chi connectivity index (χ1n) is 7.19. The molecule has 6 nitrogen and oxygen atoms in total. The van der Waals surface area contributed by atoms with Crippen molar-refractivity contribution in [2.45, 2.75) is 12.8 Å². The van der Waals surface area contributed by atoms with Gasteiger partial charge in [-0.1, -0.05) is 18.2 Å². The minimum atomic E-state index is -0.413. The second kappa shape index (κ2) is 6.39. The maximum absolute atomic E-state index is 12.0. The van der Waals surface area contributed by atoms with Gasteiger partial charge in [-0.15, -0.1) is 0 Å². The van der Waals surface area contributed by atoms with Crippen LogP contribution in [-0.4, -0.2) is 29.0 Å². The van der Waals surface area contributed by atoms with Gasteiger partial charge >= 0.3 is 5.97 Å². The third kappa shape index (κ3) is 3.26. The summed E-state index contributed by atoms with van der Waals surface area (Å²) in [5, 5.41) is 2.78. The van der Waals surface area contributed by atoms with E-state index in [2.05, 4.69) is 20.0 Å². The van der Waals surface area contributed by atoms with Gasteiger partial charge in [0.25, 0.3) is 0 Å². The highest BCUT2D eigenvalue weighted by molar-refractivity contribution is 6.01. The predicted octanol–water partition coefficient (Wildman–Crippen LogP) is 2.67. The molecule has 0 radical (unpaired) electrons. The third-order valence-electron chi connectivity index (χ3n) is 3.43. The first kappa shape index (κ1) is 14.9. The molecule has 116 valence electrons. The zero-order chi connectivity index (χ0) is 16.2. The van der Waals surface area contributed by atoms with Gasteiger partial charge in [-0.05, 0) is 24.3 Å². The van der Waals surface area contributed by atoms with Crippen LogP contribution in [-0.2, 0) is 14.3 Å². The van der Waals surface area contributed by atoms with Crippen molar-refractivity contribution >= 4 is 39.6 Å². The lowest BCUT2D eigenvalue weighted by atomic mass is 10.2. The Morgan fingerprint density at radius 3 is 2.39 bits per heavy atom. The normalized spacial score (nSPS) is 10.7. The Morgan fingerprint density at radius 1 is 0.957 bits per heavy atom. The Bertz CT molecular complexity index is 893. The summed E-state index contributed by atoms with van der Waals surface area (Å²) >= 11 is 0. The Morgan fingerprint density at radius 2 is 1.65 bits per heavy atom. The Kier molecular flexibility index (Phi) is 4.14. The summed E-state index contributed by atoms with van der Waals surface area (Å²) in [5.41, 5.74) is 3.47. The number of methoxy groups -OCH3 is 1. The van der Waals surface area contributed by atoms with E-state index in [0.717, 1.165) is 11.0 Å². The molecular weight excluding hydrogens is 294 g/mol. The van der Waals surface area contributed by atoms with Gasteiger partial charge in [0.05, 0.1) is 35.8 Å². The number of ether oxygens (including phenoxy) is 1. The van der Waals surface area contributed by atoms with Crippen LogP contribution >= 0.6 is 0 Å². The number of carbonyl (C=O) groups is 2. The number of aromatic nitrogens is 2. The van der Waals surface area contributed by atoms with Crippen LogP contribution in [0.4, 0.5) is 5.69 Å². The number of para-hydroxylation sites is 3. The van der Waals surface area contributed by atoms with Gasteiger partial charge in [-0.3, -0.25) is 9.59 Å². The maximum atomic E-state index is 12.0. The summed E-state index contributed by atoms with van der Waals surface area (Å²) in [6.07, 6.45) is 0.103. The lowest BCUT2D eigenvalue weighted by molar-refractivity contribution is -0.141. The van der Waals surface area contributed by atoms with Crippen LogP contribution in [0.25, 0.3) is 22.1 Å². The van der Waals surface area contributed by atoms with E-state index < -0.39 is 5.97 Å². The molecular formula is C17H15N3O3. The lowest BCUT2D eigenvalue weighted by Crippen LogP contribution is -2.14. The molecule has 0 saturated carbocycles. The highest BCUT2D eigenvalue weighted by Gasteiger charge is 2.11. The van der Waals surface area contributed by atoms with E-state index in [9.17, 15) is 9.59 Å². The fraction of sp³-hybridized carbons (Fsp3) is 0.176. The number of nitrogens with zero attached hydrogens (tertiary/aromatic N) is 2. The van der Waals surface area contributed by atoms with Gasteiger partial charge in [0.15, 0.2) is 0 Å². The van der Waals surface area contributed by atoms with Crippen molar-refractivity contribution in [3.05, 3.63) is 42.5 Å². The van der Waals surface area contributed by atoms with Crippen molar-refractivity contribution < 1.29 is 14.3 Å². The summed E-state index contributed by atoms with van der Waals surface area (Å²) in [6.45, 7) is 0.